The highest BCUT2D eigenvalue weighted by atomic mass is 35.5. The number of nitrogens with one attached hydrogen (secondary N) is 1. The van der Waals surface area contributed by atoms with Crippen molar-refractivity contribution in [2.45, 2.75) is 38.6 Å². The minimum atomic E-state index is -3.13. The molecule has 2 bridgehead atoms. The summed E-state index contributed by atoms with van der Waals surface area (Å²) in [5.41, 5.74) is 1.69. The third-order valence-corrected chi connectivity index (χ3v) is 9.60. The highest BCUT2D eigenvalue weighted by Crippen LogP contribution is 2.54. The maximum absolute atomic E-state index is 14.1. The second-order valence-corrected chi connectivity index (χ2v) is 11.7. The predicted octanol–water partition coefficient (Wildman–Crippen LogP) is 8.15. The zero-order chi connectivity index (χ0) is 21.1. The fourth-order valence-electron chi connectivity index (χ4n) is 5.11. The fourth-order valence-corrected chi connectivity index (χ4v) is 8.26. The molecular formula is C25H28Cl2NOP. The second kappa shape index (κ2) is 9.45. The lowest BCUT2D eigenvalue weighted by atomic mass is 9.84. The van der Waals surface area contributed by atoms with Crippen molar-refractivity contribution in [3.8, 4) is 0 Å². The molecule has 2 saturated carbocycles. The van der Waals surface area contributed by atoms with Gasteiger partial charge < -0.3 is 0 Å². The van der Waals surface area contributed by atoms with Crippen LogP contribution in [0.15, 0.2) is 72.3 Å². The molecular weight excluding hydrogens is 432 g/mol. The summed E-state index contributed by atoms with van der Waals surface area (Å²) in [6, 6.07) is 19.4. The van der Waals surface area contributed by atoms with Crippen molar-refractivity contribution < 1.29 is 4.57 Å². The Balaban J connectivity index is 1.64. The van der Waals surface area contributed by atoms with Gasteiger partial charge in [-0.3, -0.25) is 9.65 Å². The summed E-state index contributed by atoms with van der Waals surface area (Å²) >= 11 is 13.2. The fraction of sp³-hybridized carbons (Fsp3) is 0.360. The monoisotopic (exact) mass is 459 g/mol. The van der Waals surface area contributed by atoms with E-state index in [9.17, 15) is 4.57 Å². The van der Waals surface area contributed by atoms with Gasteiger partial charge in [0.25, 0.3) is 0 Å². The first-order valence-corrected chi connectivity index (χ1v) is 13.3. The van der Waals surface area contributed by atoms with E-state index in [4.69, 9.17) is 23.2 Å². The summed E-state index contributed by atoms with van der Waals surface area (Å²) in [5, 5.41) is 4.40. The molecule has 0 saturated heterocycles. The van der Waals surface area contributed by atoms with Crippen molar-refractivity contribution in [2.24, 2.45) is 17.8 Å². The standard InChI is InChI=1S/C25H28Cl2NOP/c1-18(23-15-19-12-13-22(23)14-19)28-30(29,16-24(26)20-8-4-2-5-9-20)17-25(27)21-10-6-3-7-11-21/h2-11,16-19,22-23H,12-15H2,1H3,(H,28,29)/b24-16-,25-17+/t18-,19-,22-,23-,30?/m1/s1. The Labute approximate surface area is 189 Å². The van der Waals surface area contributed by atoms with Gasteiger partial charge in [-0.2, -0.15) is 0 Å². The Morgan fingerprint density at radius 2 is 1.47 bits per heavy atom. The van der Waals surface area contributed by atoms with E-state index in [1.54, 1.807) is 11.6 Å². The molecule has 0 radical (unpaired) electrons. The minimum absolute atomic E-state index is 0.138. The third-order valence-electron chi connectivity index (χ3n) is 6.55. The molecule has 5 atom stereocenters. The molecule has 30 heavy (non-hydrogen) atoms. The van der Waals surface area contributed by atoms with E-state index in [0.29, 0.717) is 16.0 Å². The van der Waals surface area contributed by atoms with Crippen molar-refractivity contribution in [3.63, 3.8) is 0 Å². The number of fused-ring (bicyclic) bond motifs is 2. The third kappa shape index (κ3) is 5.11. The van der Waals surface area contributed by atoms with E-state index >= 15 is 0 Å². The maximum atomic E-state index is 14.1. The average Bonchev–Trinajstić information content (AvgIpc) is 3.38. The van der Waals surface area contributed by atoms with Crippen LogP contribution in [0.1, 0.15) is 43.7 Å². The van der Waals surface area contributed by atoms with E-state index in [0.717, 1.165) is 23.0 Å². The molecule has 0 heterocycles. The summed E-state index contributed by atoms with van der Waals surface area (Å²) in [6.45, 7) is 2.16. The SMILES string of the molecule is C[C@@H](NP(=O)(/C=C(\Cl)c1ccccc1)/C=C(/Cl)c1ccccc1)[C@H]1C[C@@H]2CC[C@@H]1C2. The Bertz CT molecular complexity index is 914. The van der Waals surface area contributed by atoms with Crippen LogP contribution in [0.2, 0.25) is 0 Å². The van der Waals surface area contributed by atoms with E-state index < -0.39 is 7.29 Å². The van der Waals surface area contributed by atoms with Crippen LogP contribution in [0.5, 0.6) is 0 Å². The highest BCUT2D eigenvalue weighted by Gasteiger charge is 2.42. The molecule has 2 nitrogen and oxygen atoms in total. The van der Waals surface area contributed by atoms with Crippen molar-refractivity contribution >= 4 is 40.6 Å². The molecule has 2 aromatic carbocycles. The normalized spacial score (nSPS) is 27.1. The zero-order valence-electron chi connectivity index (χ0n) is 17.2. The number of rotatable bonds is 7. The molecule has 1 unspecified atom stereocenters. The van der Waals surface area contributed by atoms with E-state index in [1.165, 1.54) is 25.7 Å². The van der Waals surface area contributed by atoms with Gasteiger partial charge in [0.2, 0.25) is 0 Å². The quantitative estimate of drug-likeness (QED) is 0.423. The predicted molar refractivity (Wildman–Crippen MR) is 130 cm³/mol. The molecule has 1 N–H and O–H groups in total. The van der Waals surface area contributed by atoms with Crippen LogP contribution in [-0.2, 0) is 4.57 Å². The van der Waals surface area contributed by atoms with E-state index in [1.807, 2.05) is 60.7 Å². The van der Waals surface area contributed by atoms with E-state index in [2.05, 4.69) is 12.0 Å². The molecule has 4 rings (SSSR count). The summed E-state index contributed by atoms with van der Waals surface area (Å²) in [4.78, 5) is 0. The Morgan fingerprint density at radius 3 is 1.90 bits per heavy atom. The topological polar surface area (TPSA) is 29.1 Å². The average molecular weight is 460 g/mol. The number of hydrogen-bond acceptors (Lipinski definition) is 1. The lowest BCUT2D eigenvalue weighted by Gasteiger charge is -2.30. The summed E-state index contributed by atoms with van der Waals surface area (Å²) < 4.78 is 14.1. The van der Waals surface area contributed by atoms with Crippen LogP contribution >= 0.6 is 30.5 Å². The van der Waals surface area contributed by atoms with Gasteiger partial charge in [0, 0.05) is 17.7 Å². The first-order chi connectivity index (χ1) is 14.4. The molecule has 2 fully saturated rings. The first kappa shape index (κ1) is 21.9. The maximum Gasteiger partial charge on any atom is 0.193 e. The molecule has 2 aromatic rings. The van der Waals surface area contributed by atoms with Gasteiger partial charge in [-0.1, -0.05) is 90.3 Å². The van der Waals surface area contributed by atoms with Gasteiger partial charge in [0.1, 0.15) is 0 Å². The molecule has 158 valence electrons. The summed E-state index contributed by atoms with van der Waals surface area (Å²) in [5.74, 6) is 5.48. The largest absolute Gasteiger partial charge is 0.298 e. The van der Waals surface area contributed by atoms with Crippen molar-refractivity contribution in [3.05, 3.63) is 83.4 Å². The van der Waals surface area contributed by atoms with Gasteiger partial charge in [0.05, 0.1) is 10.1 Å². The Morgan fingerprint density at radius 1 is 0.933 bits per heavy atom. The number of hydrogen-bond donors (Lipinski definition) is 1. The lowest BCUT2D eigenvalue weighted by molar-refractivity contribution is 0.280. The van der Waals surface area contributed by atoms with Crippen LogP contribution in [0.25, 0.3) is 10.1 Å². The molecule has 0 amide bonds. The van der Waals surface area contributed by atoms with Crippen LogP contribution in [-0.4, -0.2) is 6.04 Å². The van der Waals surface area contributed by atoms with Crippen LogP contribution < -0.4 is 5.09 Å². The molecule has 2 aliphatic carbocycles. The van der Waals surface area contributed by atoms with Gasteiger partial charge in [0.15, 0.2) is 7.29 Å². The number of halogens is 2. The van der Waals surface area contributed by atoms with Crippen molar-refractivity contribution in [1.29, 1.82) is 0 Å². The lowest BCUT2D eigenvalue weighted by Crippen LogP contribution is -2.33. The zero-order valence-corrected chi connectivity index (χ0v) is 19.6. The molecule has 0 spiro atoms. The summed E-state index contributed by atoms with van der Waals surface area (Å²) in [7, 11) is -3.13. The van der Waals surface area contributed by atoms with Crippen LogP contribution in [0.4, 0.5) is 0 Å². The van der Waals surface area contributed by atoms with Crippen LogP contribution in [0, 0.1) is 17.8 Å². The van der Waals surface area contributed by atoms with Gasteiger partial charge in [-0.15, -0.1) is 0 Å². The van der Waals surface area contributed by atoms with Gasteiger partial charge in [-0.25, -0.2) is 0 Å². The Kier molecular flexibility index (Phi) is 6.90. The highest BCUT2D eigenvalue weighted by molar-refractivity contribution is 7.68. The van der Waals surface area contributed by atoms with Gasteiger partial charge >= 0.3 is 0 Å². The smallest absolute Gasteiger partial charge is 0.193 e. The van der Waals surface area contributed by atoms with Crippen LogP contribution in [0.3, 0.4) is 0 Å². The van der Waals surface area contributed by atoms with Crippen molar-refractivity contribution in [1.82, 2.24) is 5.09 Å². The minimum Gasteiger partial charge on any atom is -0.298 e. The Hall–Kier alpha value is -1.31. The van der Waals surface area contributed by atoms with Crippen molar-refractivity contribution in [2.75, 3.05) is 0 Å². The summed E-state index contributed by atoms with van der Waals surface area (Å²) in [6.07, 6.45) is 5.20. The molecule has 0 aromatic heterocycles. The second-order valence-electron chi connectivity index (χ2n) is 8.65. The molecule has 2 aliphatic rings. The molecule has 5 heteroatoms. The van der Waals surface area contributed by atoms with Gasteiger partial charge in [-0.05, 0) is 55.1 Å². The number of benzene rings is 2. The van der Waals surface area contributed by atoms with E-state index in [-0.39, 0.29) is 6.04 Å². The first-order valence-electron chi connectivity index (χ1n) is 10.7. The molecule has 0 aliphatic heterocycles.